The molecule has 0 spiro atoms. The fourth-order valence-corrected chi connectivity index (χ4v) is 2.84. The molecule has 0 aromatic rings. The van der Waals surface area contributed by atoms with Gasteiger partial charge in [-0.25, -0.2) is 0 Å². The van der Waals surface area contributed by atoms with Gasteiger partial charge in [-0.1, -0.05) is 6.92 Å². The van der Waals surface area contributed by atoms with Crippen molar-refractivity contribution < 1.29 is 35.9 Å². The highest BCUT2D eigenvalue weighted by Crippen LogP contribution is 2.34. The first-order chi connectivity index (χ1) is 9.51. The molecule has 21 heavy (non-hydrogen) atoms. The van der Waals surface area contributed by atoms with Crippen molar-refractivity contribution in [3.05, 3.63) is 0 Å². The molecule has 0 amide bonds. The second kappa shape index (κ2) is 8.75. The summed E-state index contributed by atoms with van der Waals surface area (Å²) in [5.41, 5.74) is 0. The van der Waals surface area contributed by atoms with Gasteiger partial charge in [-0.15, -0.1) is 11.8 Å². The molecule has 0 rings (SSSR count). The van der Waals surface area contributed by atoms with Crippen molar-refractivity contribution in [2.75, 3.05) is 12.9 Å². The van der Waals surface area contributed by atoms with Crippen LogP contribution in [0.1, 0.15) is 32.6 Å². The highest BCUT2D eigenvalue weighted by atomic mass is 32.2. The van der Waals surface area contributed by atoms with Crippen LogP contribution in [0.25, 0.3) is 0 Å². The molecule has 0 N–H and O–H groups in total. The summed E-state index contributed by atoms with van der Waals surface area (Å²) in [5, 5.41) is -1.01. The van der Waals surface area contributed by atoms with E-state index in [1.807, 2.05) is 0 Å². The van der Waals surface area contributed by atoms with Gasteiger partial charge < -0.3 is 4.74 Å². The summed E-state index contributed by atoms with van der Waals surface area (Å²) in [4.78, 5) is 11.4. The number of alkyl halides is 6. The van der Waals surface area contributed by atoms with E-state index in [1.54, 1.807) is 0 Å². The highest BCUT2D eigenvalue weighted by Gasteiger charge is 2.38. The summed E-state index contributed by atoms with van der Waals surface area (Å²) in [6, 6.07) is 0. The zero-order valence-electron chi connectivity index (χ0n) is 11.7. The van der Waals surface area contributed by atoms with E-state index in [1.165, 1.54) is 6.92 Å². The van der Waals surface area contributed by atoms with Crippen molar-refractivity contribution in [2.45, 2.75) is 50.2 Å². The molecule has 0 aromatic heterocycles. The third-order valence-electron chi connectivity index (χ3n) is 2.90. The smallest absolute Gasteiger partial charge is 0.391 e. The fourth-order valence-electron chi connectivity index (χ4n) is 1.67. The predicted octanol–water partition coefficient (Wildman–Crippen LogP) is 4.58. The zero-order chi connectivity index (χ0) is 16.7. The molecule has 0 heterocycles. The first-order valence-corrected chi connectivity index (χ1v) is 7.39. The first-order valence-electron chi connectivity index (χ1n) is 6.34. The molecule has 2 unspecified atom stereocenters. The van der Waals surface area contributed by atoms with Crippen molar-refractivity contribution in [2.24, 2.45) is 5.92 Å². The Bertz CT molecular complexity index is 316. The SMILES string of the molecule is CCC(CCC(SCCC(F)(F)F)C(=O)OC)C(F)(F)F. The van der Waals surface area contributed by atoms with Crippen molar-refractivity contribution in [3.63, 3.8) is 0 Å². The summed E-state index contributed by atoms with van der Waals surface area (Å²) in [5.74, 6) is -2.74. The van der Waals surface area contributed by atoms with Gasteiger partial charge in [0.1, 0.15) is 5.25 Å². The van der Waals surface area contributed by atoms with Crippen LogP contribution in [0.5, 0.6) is 0 Å². The number of hydrogen-bond acceptors (Lipinski definition) is 3. The lowest BCUT2D eigenvalue weighted by Crippen LogP contribution is -2.26. The van der Waals surface area contributed by atoms with Crippen molar-refractivity contribution >= 4 is 17.7 Å². The van der Waals surface area contributed by atoms with Crippen LogP contribution in [0.4, 0.5) is 26.3 Å². The predicted molar refractivity (Wildman–Crippen MR) is 68.0 cm³/mol. The monoisotopic (exact) mass is 340 g/mol. The van der Waals surface area contributed by atoms with Crippen LogP contribution in [0, 0.1) is 5.92 Å². The van der Waals surface area contributed by atoms with Crippen molar-refractivity contribution in [3.8, 4) is 0 Å². The minimum atomic E-state index is -4.37. The van der Waals surface area contributed by atoms with Crippen molar-refractivity contribution in [1.29, 1.82) is 0 Å². The van der Waals surface area contributed by atoms with E-state index in [4.69, 9.17) is 0 Å². The average molecular weight is 340 g/mol. The standard InChI is InChI=1S/C12H18F6O2S/c1-3-8(12(16,17)18)4-5-9(10(19)20-2)21-7-6-11(13,14)15/h8-9H,3-7H2,1-2H3. The van der Waals surface area contributed by atoms with Gasteiger partial charge in [0.25, 0.3) is 0 Å². The second-order valence-electron chi connectivity index (χ2n) is 4.47. The van der Waals surface area contributed by atoms with Crippen LogP contribution < -0.4 is 0 Å². The van der Waals surface area contributed by atoms with Crippen LogP contribution in [-0.4, -0.2) is 36.4 Å². The summed E-state index contributed by atoms with van der Waals surface area (Å²) in [7, 11) is 1.06. The van der Waals surface area contributed by atoms with Gasteiger partial charge in [0.15, 0.2) is 0 Å². The Morgan fingerprint density at radius 2 is 1.71 bits per heavy atom. The largest absolute Gasteiger partial charge is 0.468 e. The van der Waals surface area contributed by atoms with E-state index < -0.39 is 35.9 Å². The minimum Gasteiger partial charge on any atom is -0.468 e. The molecule has 0 aliphatic rings. The molecule has 0 bridgehead atoms. The molecule has 2 atom stereocenters. The van der Waals surface area contributed by atoms with Gasteiger partial charge in [0, 0.05) is 5.75 Å². The Balaban J connectivity index is 4.47. The minimum absolute atomic E-state index is 0.134. The Labute approximate surface area is 123 Å². The topological polar surface area (TPSA) is 26.3 Å². The molecular weight excluding hydrogens is 322 g/mol. The summed E-state index contributed by atoms with van der Waals surface area (Å²) >= 11 is 0.682. The lowest BCUT2D eigenvalue weighted by atomic mass is 9.98. The number of methoxy groups -OCH3 is 1. The zero-order valence-corrected chi connectivity index (χ0v) is 12.5. The lowest BCUT2D eigenvalue weighted by Gasteiger charge is -2.21. The van der Waals surface area contributed by atoms with E-state index in [0.29, 0.717) is 11.8 Å². The van der Waals surface area contributed by atoms with Gasteiger partial charge in [0.05, 0.1) is 19.4 Å². The molecule has 2 nitrogen and oxygen atoms in total. The molecule has 126 valence electrons. The quantitative estimate of drug-likeness (QED) is 0.478. The first kappa shape index (κ1) is 20.4. The maximum Gasteiger partial charge on any atom is 0.391 e. The number of ether oxygens (including phenoxy) is 1. The number of halogens is 6. The normalized spacial score (nSPS) is 15.6. The van der Waals surface area contributed by atoms with E-state index in [9.17, 15) is 31.1 Å². The third-order valence-corrected chi connectivity index (χ3v) is 4.17. The molecule has 0 aromatic carbocycles. The summed E-state index contributed by atoms with van der Waals surface area (Å²) in [6.07, 6.45) is -10.4. The van der Waals surface area contributed by atoms with Crippen LogP contribution >= 0.6 is 11.8 Å². The number of esters is 1. The van der Waals surface area contributed by atoms with E-state index in [0.717, 1.165) is 7.11 Å². The second-order valence-corrected chi connectivity index (χ2v) is 5.78. The Morgan fingerprint density at radius 3 is 2.10 bits per heavy atom. The number of hydrogen-bond donors (Lipinski definition) is 0. The molecule has 0 saturated heterocycles. The van der Waals surface area contributed by atoms with Crippen LogP contribution in [0.15, 0.2) is 0 Å². The van der Waals surface area contributed by atoms with Gasteiger partial charge >= 0.3 is 18.3 Å². The molecule has 0 fully saturated rings. The molecule has 0 radical (unpaired) electrons. The Kier molecular flexibility index (Phi) is 8.50. The van der Waals surface area contributed by atoms with Gasteiger partial charge in [0.2, 0.25) is 0 Å². The van der Waals surface area contributed by atoms with Gasteiger partial charge in [-0.05, 0) is 19.3 Å². The van der Waals surface area contributed by atoms with E-state index in [2.05, 4.69) is 4.74 Å². The van der Waals surface area contributed by atoms with Gasteiger partial charge in [-0.2, -0.15) is 26.3 Å². The molecule has 0 aliphatic heterocycles. The van der Waals surface area contributed by atoms with Gasteiger partial charge in [-0.3, -0.25) is 4.79 Å². The third kappa shape index (κ3) is 9.10. The summed E-state index contributed by atoms with van der Waals surface area (Å²) in [6.45, 7) is 1.38. The van der Waals surface area contributed by atoms with E-state index in [-0.39, 0.29) is 25.0 Å². The summed E-state index contributed by atoms with van der Waals surface area (Å²) < 4.78 is 78.3. The van der Waals surface area contributed by atoms with Crippen LogP contribution in [0.2, 0.25) is 0 Å². The Hall–Kier alpha value is -0.600. The lowest BCUT2D eigenvalue weighted by molar-refractivity contribution is -0.177. The molecule has 0 saturated carbocycles. The van der Waals surface area contributed by atoms with Crippen LogP contribution in [-0.2, 0) is 9.53 Å². The maximum absolute atomic E-state index is 12.6. The highest BCUT2D eigenvalue weighted by molar-refractivity contribution is 8.00. The maximum atomic E-state index is 12.6. The van der Waals surface area contributed by atoms with Crippen molar-refractivity contribution in [1.82, 2.24) is 0 Å². The molecular formula is C12H18F6O2S. The number of carbonyl (C=O) groups is 1. The van der Waals surface area contributed by atoms with Crippen LogP contribution in [0.3, 0.4) is 0 Å². The molecule has 9 heteroatoms. The fraction of sp³-hybridized carbons (Fsp3) is 0.917. The number of rotatable bonds is 8. The van der Waals surface area contributed by atoms with E-state index >= 15 is 0 Å². The number of carbonyl (C=O) groups excluding carboxylic acids is 1. The Morgan fingerprint density at radius 1 is 1.14 bits per heavy atom. The molecule has 0 aliphatic carbocycles. The average Bonchev–Trinajstić information content (AvgIpc) is 2.33. The number of thioether (sulfide) groups is 1.